The number of rotatable bonds is 2. The van der Waals surface area contributed by atoms with Crippen molar-refractivity contribution in [3.05, 3.63) is 47.8 Å². The van der Waals surface area contributed by atoms with Crippen LogP contribution in [0.1, 0.15) is 44.9 Å². The molecule has 1 aromatic rings. The number of aliphatic hydroxyl groups excluding tert-OH is 1. The molecule has 0 saturated heterocycles. The molecule has 16 heavy (non-hydrogen) atoms. The fourth-order valence-corrected chi connectivity index (χ4v) is 1.06. The first-order valence-corrected chi connectivity index (χ1v) is 5.72. The summed E-state index contributed by atoms with van der Waals surface area (Å²) < 4.78 is 12.7. The number of aryl methyl sites for hydroxylation is 1. The molecule has 1 rings (SSSR count). The van der Waals surface area contributed by atoms with Gasteiger partial charge in [-0.25, -0.2) is 4.39 Å². The summed E-state index contributed by atoms with van der Waals surface area (Å²) in [4.78, 5) is 0. The second-order valence-electron chi connectivity index (χ2n) is 2.68. The summed E-state index contributed by atoms with van der Waals surface area (Å²) in [6, 6.07) is 4.33. The van der Waals surface area contributed by atoms with Crippen LogP contribution in [-0.4, -0.2) is 5.11 Å². The van der Waals surface area contributed by atoms with E-state index in [0.717, 1.165) is 5.56 Å². The predicted octanol–water partition coefficient (Wildman–Crippen LogP) is 4.41. The Kier molecular flexibility index (Phi) is 11.2. The van der Waals surface area contributed by atoms with Crippen LogP contribution in [0.25, 0.3) is 0 Å². The molecule has 1 N–H and O–H groups in total. The largest absolute Gasteiger partial charge is 0.384 e. The van der Waals surface area contributed by atoms with E-state index in [1.807, 2.05) is 34.6 Å². The van der Waals surface area contributed by atoms with E-state index < -0.39 is 6.10 Å². The van der Waals surface area contributed by atoms with Gasteiger partial charge in [-0.05, 0) is 30.2 Å². The third kappa shape index (κ3) is 5.66. The van der Waals surface area contributed by atoms with Crippen molar-refractivity contribution in [1.82, 2.24) is 0 Å². The Morgan fingerprint density at radius 1 is 1.25 bits per heavy atom. The van der Waals surface area contributed by atoms with Crippen LogP contribution in [0, 0.1) is 12.7 Å². The van der Waals surface area contributed by atoms with Gasteiger partial charge in [-0.15, -0.1) is 6.58 Å². The molecule has 0 aliphatic carbocycles. The minimum absolute atomic E-state index is 0.337. The molecule has 0 aliphatic rings. The quantitative estimate of drug-likeness (QED) is 0.741. The number of benzene rings is 1. The van der Waals surface area contributed by atoms with Crippen molar-refractivity contribution in [2.45, 2.75) is 40.7 Å². The van der Waals surface area contributed by atoms with Crippen LogP contribution in [0.3, 0.4) is 0 Å². The third-order valence-electron chi connectivity index (χ3n) is 1.78. The summed E-state index contributed by atoms with van der Waals surface area (Å²) in [5.74, 6) is -0.337. The number of hydrogen-bond donors (Lipinski definition) is 1. The van der Waals surface area contributed by atoms with Gasteiger partial charge in [0.15, 0.2) is 0 Å². The van der Waals surface area contributed by atoms with Gasteiger partial charge in [-0.2, -0.15) is 0 Å². The summed E-state index contributed by atoms with van der Waals surface area (Å²) in [6.07, 6.45) is 0.600. The summed E-state index contributed by atoms with van der Waals surface area (Å²) in [7, 11) is 0. The Morgan fingerprint density at radius 3 is 2.19 bits per heavy atom. The molecule has 1 nitrogen and oxygen atoms in total. The van der Waals surface area contributed by atoms with Crippen molar-refractivity contribution >= 4 is 0 Å². The highest BCUT2D eigenvalue weighted by molar-refractivity contribution is 5.30. The van der Waals surface area contributed by atoms with Crippen LogP contribution in [0.5, 0.6) is 0 Å². The molecule has 1 aromatic carbocycles. The molecule has 0 aliphatic heterocycles. The number of hydrogen-bond acceptors (Lipinski definition) is 1. The van der Waals surface area contributed by atoms with Gasteiger partial charge in [0.25, 0.3) is 0 Å². The number of aliphatic hydroxyl groups is 1. The van der Waals surface area contributed by atoms with Crippen LogP contribution in [0.2, 0.25) is 0 Å². The van der Waals surface area contributed by atoms with E-state index in [1.165, 1.54) is 18.2 Å². The Morgan fingerprint density at radius 2 is 1.75 bits per heavy atom. The Labute approximate surface area is 98.6 Å². The molecule has 1 atom stereocenters. The van der Waals surface area contributed by atoms with Crippen LogP contribution in [-0.2, 0) is 0 Å². The van der Waals surface area contributed by atoms with Crippen LogP contribution in [0.15, 0.2) is 30.9 Å². The summed E-state index contributed by atoms with van der Waals surface area (Å²) in [5, 5.41) is 9.35. The van der Waals surface area contributed by atoms with Gasteiger partial charge in [0, 0.05) is 0 Å². The molecular weight excluding hydrogens is 203 g/mol. The first kappa shape index (κ1) is 17.3. The van der Waals surface area contributed by atoms with E-state index in [2.05, 4.69) is 6.58 Å². The first-order chi connectivity index (χ1) is 7.65. The second-order valence-corrected chi connectivity index (χ2v) is 2.68. The van der Waals surface area contributed by atoms with Crippen molar-refractivity contribution < 1.29 is 9.50 Å². The monoisotopic (exact) mass is 226 g/mol. The summed E-state index contributed by atoms with van der Waals surface area (Å²) >= 11 is 0. The molecule has 0 radical (unpaired) electrons. The van der Waals surface area contributed by atoms with Crippen molar-refractivity contribution in [2.24, 2.45) is 0 Å². The molecule has 0 saturated carbocycles. The van der Waals surface area contributed by atoms with Gasteiger partial charge < -0.3 is 5.11 Å². The van der Waals surface area contributed by atoms with Gasteiger partial charge >= 0.3 is 0 Å². The maximum atomic E-state index is 12.7. The highest BCUT2D eigenvalue weighted by Crippen LogP contribution is 2.18. The average Bonchev–Trinajstić information content (AvgIpc) is 2.36. The van der Waals surface area contributed by atoms with Crippen LogP contribution >= 0.6 is 0 Å². The Bertz CT molecular complexity index is 295. The highest BCUT2D eigenvalue weighted by atomic mass is 19.1. The lowest BCUT2D eigenvalue weighted by Gasteiger charge is -2.08. The molecule has 0 amide bonds. The Balaban J connectivity index is 0. The lowest BCUT2D eigenvalue weighted by Crippen LogP contribution is -1.96. The van der Waals surface area contributed by atoms with E-state index in [0.29, 0.717) is 5.56 Å². The zero-order chi connectivity index (χ0) is 13.1. The Hall–Kier alpha value is -1.15. The van der Waals surface area contributed by atoms with Crippen molar-refractivity contribution in [3.63, 3.8) is 0 Å². The van der Waals surface area contributed by atoms with Crippen molar-refractivity contribution in [3.8, 4) is 0 Å². The van der Waals surface area contributed by atoms with E-state index >= 15 is 0 Å². The number of halogens is 1. The molecular formula is C14H23FO. The van der Waals surface area contributed by atoms with E-state index in [9.17, 15) is 9.50 Å². The fraction of sp³-hybridized carbons (Fsp3) is 0.429. The highest BCUT2D eigenvalue weighted by Gasteiger charge is 2.06. The lowest BCUT2D eigenvalue weighted by atomic mass is 10.0. The smallest absolute Gasteiger partial charge is 0.123 e. The zero-order valence-electron chi connectivity index (χ0n) is 10.9. The van der Waals surface area contributed by atoms with Gasteiger partial charge in [-0.3, -0.25) is 0 Å². The molecule has 92 valence electrons. The lowest BCUT2D eigenvalue weighted by molar-refractivity contribution is 0.228. The standard InChI is InChI=1S/C10H11FO.2C2H6/c1-3-10(12)9-6-8(11)5-4-7(9)2;2*1-2/h3-6,10,12H,1H2,2H3;2*1-2H3. The second kappa shape index (κ2) is 10.4. The maximum Gasteiger partial charge on any atom is 0.123 e. The molecule has 0 spiro atoms. The van der Waals surface area contributed by atoms with Crippen molar-refractivity contribution in [2.75, 3.05) is 0 Å². The van der Waals surface area contributed by atoms with E-state index in [1.54, 1.807) is 6.07 Å². The predicted molar refractivity (Wildman–Crippen MR) is 69.0 cm³/mol. The van der Waals surface area contributed by atoms with Gasteiger partial charge in [-0.1, -0.05) is 39.8 Å². The van der Waals surface area contributed by atoms with Crippen LogP contribution in [0.4, 0.5) is 4.39 Å². The minimum Gasteiger partial charge on any atom is -0.384 e. The molecule has 2 heteroatoms. The SMILES string of the molecule is C=CC(O)c1cc(F)ccc1C.CC.CC. The molecule has 0 bridgehead atoms. The normalized spacial score (nSPS) is 10.2. The molecule has 0 heterocycles. The van der Waals surface area contributed by atoms with Crippen LogP contribution < -0.4 is 0 Å². The van der Waals surface area contributed by atoms with E-state index in [-0.39, 0.29) is 5.82 Å². The average molecular weight is 226 g/mol. The van der Waals surface area contributed by atoms with Gasteiger partial charge in [0.1, 0.15) is 5.82 Å². The summed E-state index contributed by atoms with van der Waals surface area (Å²) in [6.45, 7) is 13.3. The molecule has 0 aromatic heterocycles. The molecule has 0 fully saturated rings. The maximum absolute atomic E-state index is 12.7. The van der Waals surface area contributed by atoms with Gasteiger partial charge in [0.05, 0.1) is 6.10 Å². The first-order valence-electron chi connectivity index (χ1n) is 5.72. The van der Waals surface area contributed by atoms with E-state index in [4.69, 9.17) is 0 Å². The topological polar surface area (TPSA) is 20.2 Å². The van der Waals surface area contributed by atoms with Crippen molar-refractivity contribution in [1.29, 1.82) is 0 Å². The zero-order valence-corrected chi connectivity index (χ0v) is 10.9. The summed E-state index contributed by atoms with van der Waals surface area (Å²) in [5.41, 5.74) is 1.44. The third-order valence-corrected chi connectivity index (χ3v) is 1.78. The van der Waals surface area contributed by atoms with Gasteiger partial charge in [0.2, 0.25) is 0 Å². The fourth-order valence-electron chi connectivity index (χ4n) is 1.06. The molecule has 1 unspecified atom stereocenters. The minimum atomic E-state index is -0.777.